The second-order valence-corrected chi connectivity index (χ2v) is 8.73. The van der Waals surface area contributed by atoms with E-state index in [0.717, 1.165) is 51.4 Å². The van der Waals surface area contributed by atoms with Crippen LogP contribution >= 0.6 is 0 Å². The first-order chi connectivity index (χ1) is 14.6. The molecule has 1 saturated heterocycles. The minimum atomic E-state index is -1.10. The van der Waals surface area contributed by atoms with Crippen LogP contribution in [0.15, 0.2) is 30.3 Å². The number of hydrogen-bond donors (Lipinski definition) is 2. The number of barbiturate groups is 1. The number of rotatable bonds is 11. The van der Waals surface area contributed by atoms with Gasteiger partial charge in [0.25, 0.3) is 0 Å². The molecule has 0 radical (unpaired) electrons. The maximum Gasteiger partial charge on any atom is 0.328 e. The van der Waals surface area contributed by atoms with Gasteiger partial charge >= 0.3 is 6.03 Å². The standard InChI is InChI=1S/C24H34N2O4/c27-21-24(22(28)26-23(29)25-21,17-19-11-5-3-6-12-19)15-9-1-2-10-16-30-18-20-13-7-4-8-14-20/h4,7-8,13-14,19H,1-3,5-6,9-12,15-18H2,(H2,25,26,27,28,29). The van der Waals surface area contributed by atoms with Gasteiger partial charge in [-0.05, 0) is 30.7 Å². The van der Waals surface area contributed by atoms with Crippen molar-refractivity contribution in [3.63, 3.8) is 0 Å². The van der Waals surface area contributed by atoms with Crippen molar-refractivity contribution in [2.75, 3.05) is 6.61 Å². The fourth-order valence-corrected chi connectivity index (χ4v) is 4.73. The zero-order valence-corrected chi connectivity index (χ0v) is 17.8. The predicted octanol–water partition coefficient (Wildman–Crippen LogP) is 4.48. The molecule has 30 heavy (non-hydrogen) atoms. The van der Waals surface area contributed by atoms with E-state index < -0.39 is 23.3 Å². The summed E-state index contributed by atoms with van der Waals surface area (Å²) in [5.41, 5.74) is 0.0748. The van der Waals surface area contributed by atoms with Crippen LogP contribution in [0.25, 0.3) is 0 Å². The first-order valence-electron chi connectivity index (χ1n) is 11.4. The number of hydrogen-bond acceptors (Lipinski definition) is 4. The highest BCUT2D eigenvalue weighted by Crippen LogP contribution is 2.40. The third-order valence-electron chi connectivity index (χ3n) is 6.44. The molecule has 4 amide bonds. The van der Waals surface area contributed by atoms with Gasteiger partial charge < -0.3 is 4.74 Å². The van der Waals surface area contributed by atoms with Crippen molar-refractivity contribution < 1.29 is 19.1 Å². The molecule has 0 bridgehead atoms. The van der Waals surface area contributed by atoms with Crippen LogP contribution in [-0.2, 0) is 20.9 Å². The van der Waals surface area contributed by atoms with Gasteiger partial charge in [-0.2, -0.15) is 0 Å². The van der Waals surface area contributed by atoms with E-state index in [1.54, 1.807) is 0 Å². The van der Waals surface area contributed by atoms with Crippen molar-refractivity contribution >= 4 is 17.8 Å². The molecule has 2 fully saturated rings. The van der Waals surface area contributed by atoms with Gasteiger partial charge in [-0.15, -0.1) is 0 Å². The molecule has 6 heteroatoms. The number of urea groups is 1. The lowest BCUT2D eigenvalue weighted by molar-refractivity contribution is -0.146. The molecule has 164 valence electrons. The Kier molecular flexibility index (Phi) is 8.43. The summed E-state index contributed by atoms with van der Waals surface area (Å²) in [4.78, 5) is 37.0. The molecule has 0 aromatic heterocycles. The molecule has 0 spiro atoms. The quantitative estimate of drug-likeness (QED) is 0.413. The van der Waals surface area contributed by atoms with Crippen LogP contribution < -0.4 is 10.6 Å². The fourth-order valence-electron chi connectivity index (χ4n) is 4.73. The monoisotopic (exact) mass is 414 g/mol. The number of imide groups is 2. The second kappa shape index (κ2) is 11.3. The molecule has 1 aromatic carbocycles. The molecule has 1 saturated carbocycles. The molecule has 1 heterocycles. The lowest BCUT2D eigenvalue weighted by Crippen LogP contribution is -2.62. The van der Waals surface area contributed by atoms with Gasteiger partial charge in [-0.1, -0.05) is 81.7 Å². The largest absolute Gasteiger partial charge is 0.377 e. The van der Waals surface area contributed by atoms with Gasteiger partial charge in [0, 0.05) is 6.61 Å². The Morgan fingerprint density at radius 2 is 1.53 bits per heavy atom. The Labute approximate surface area is 179 Å². The molecular formula is C24H34N2O4. The molecule has 1 aliphatic carbocycles. The van der Waals surface area contributed by atoms with Gasteiger partial charge in [-0.25, -0.2) is 4.79 Å². The molecule has 1 aromatic rings. The molecule has 6 nitrogen and oxygen atoms in total. The number of amides is 4. The Morgan fingerprint density at radius 1 is 0.867 bits per heavy atom. The third kappa shape index (κ3) is 6.14. The van der Waals surface area contributed by atoms with Crippen molar-refractivity contribution in [1.29, 1.82) is 0 Å². The highest BCUT2D eigenvalue weighted by Gasteiger charge is 2.50. The van der Waals surface area contributed by atoms with E-state index in [1.807, 2.05) is 18.2 Å². The molecule has 0 atom stereocenters. The number of benzene rings is 1. The summed E-state index contributed by atoms with van der Waals surface area (Å²) in [6.07, 6.45) is 10.4. The first-order valence-corrected chi connectivity index (χ1v) is 11.4. The minimum Gasteiger partial charge on any atom is -0.377 e. The van der Waals surface area contributed by atoms with E-state index in [4.69, 9.17) is 4.74 Å². The molecule has 1 aliphatic heterocycles. The minimum absolute atomic E-state index is 0.384. The summed E-state index contributed by atoms with van der Waals surface area (Å²) in [7, 11) is 0. The van der Waals surface area contributed by atoms with Crippen molar-refractivity contribution in [2.45, 2.75) is 77.2 Å². The zero-order valence-electron chi connectivity index (χ0n) is 17.8. The number of ether oxygens (including phenoxy) is 1. The summed E-state index contributed by atoms with van der Waals surface area (Å²) in [5, 5.41) is 4.69. The molecular weight excluding hydrogens is 380 g/mol. The predicted molar refractivity (Wildman–Crippen MR) is 114 cm³/mol. The lowest BCUT2D eigenvalue weighted by atomic mass is 9.70. The Bertz CT molecular complexity index is 693. The van der Waals surface area contributed by atoms with E-state index in [9.17, 15) is 14.4 Å². The van der Waals surface area contributed by atoms with Crippen molar-refractivity contribution in [1.82, 2.24) is 10.6 Å². The highest BCUT2D eigenvalue weighted by molar-refractivity contribution is 6.19. The summed E-state index contributed by atoms with van der Waals surface area (Å²) in [6.45, 7) is 1.33. The Hall–Kier alpha value is -2.21. The van der Waals surface area contributed by atoms with E-state index in [-0.39, 0.29) is 0 Å². The Morgan fingerprint density at radius 3 is 2.23 bits per heavy atom. The normalized spacial score (nSPS) is 19.4. The average Bonchev–Trinajstić information content (AvgIpc) is 2.75. The maximum absolute atomic E-state index is 12.7. The van der Waals surface area contributed by atoms with E-state index in [1.165, 1.54) is 12.0 Å². The average molecular weight is 415 g/mol. The van der Waals surface area contributed by atoms with Gasteiger partial charge in [-0.3, -0.25) is 20.2 Å². The van der Waals surface area contributed by atoms with E-state index in [0.29, 0.717) is 32.0 Å². The highest BCUT2D eigenvalue weighted by atomic mass is 16.5. The number of carbonyl (C=O) groups is 3. The fraction of sp³-hybridized carbons (Fsp3) is 0.625. The van der Waals surface area contributed by atoms with Crippen LogP contribution in [0.4, 0.5) is 4.79 Å². The zero-order chi connectivity index (χ0) is 21.2. The number of unbranched alkanes of at least 4 members (excludes halogenated alkanes) is 3. The first kappa shape index (κ1) is 22.5. The van der Waals surface area contributed by atoms with Crippen LogP contribution in [0.3, 0.4) is 0 Å². The van der Waals surface area contributed by atoms with Crippen LogP contribution in [0, 0.1) is 11.3 Å². The Balaban J connectivity index is 1.42. The van der Waals surface area contributed by atoms with Gasteiger partial charge in [0.2, 0.25) is 11.8 Å². The van der Waals surface area contributed by atoms with Gasteiger partial charge in [0.15, 0.2) is 0 Å². The van der Waals surface area contributed by atoms with E-state index >= 15 is 0 Å². The van der Waals surface area contributed by atoms with Crippen LogP contribution in [0.5, 0.6) is 0 Å². The number of carbonyl (C=O) groups excluding carboxylic acids is 3. The van der Waals surface area contributed by atoms with Crippen molar-refractivity contribution in [2.24, 2.45) is 11.3 Å². The molecule has 3 rings (SSSR count). The van der Waals surface area contributed by atoms with Gasteiger partial charge in [0.1, 0.15) is 5.41 Å². The van der Waals surface area contributed by atoms with Gasteiger partial charge in [0.05, 0.1) is 6.61 Å². The smallest absolute Gasteiger partial charge is 0.328 e. The maximum atomic E-state index is 12.7. The summed E-state index contributed by atoms with van der Waals surface area (Å²) in [6, 6.07) is 9.42. The number of nitrogens with one attached hydrogen (secondary N) is 2. The summed E-state index contributed by atoms with van der Waals surface area (Å²) >= 11 is 0. The molecule has 2 aliphatic rings. The topological polar surface area (TPSA) is 84.5 Å². The second-order valence-electron chi connectivity index (χ2n) is 8.73. The molecule has 2 N–H and O–H groups in total. The molecule has 0 unspecified atom stereocenters. The lowest BCUT2D eigenvalue weighted by Gasteiger charge is -2.37. The summed E-state index contributed by atoms with van der Waals surface area (Å²) in [5.74, 6) is -0.434. The van der Waals surface area contributed by atoms with Crippen LogP contribution in [-0.4, -0.2) is 24.5 Å². The van der Waals surface area contributed by atoms with Crippen LogP contribution in [0.2, 0.25) is 0 Å². The summed E-state index contributed by atoms with van der Waals surface area (Å²) < 4.78 is 5.72. The van der Waals surface area contributed by atoms with Crippen LogP contribution in [0.1, 0.15) is 76.2 Å². The van der Waals surface area contributed by atoms with Crippen molar-refractivity contribution in [3.05, 3.63) is 35.9 Å². The third-order valence-corrected chi connectivity index (χ3v) is 6.44. The van der Waals surface area contributed by atoms with E-state index in [2.05, 4.69) is 22.8 Å². The SMILES string of the molecule is O=C1NC(=O)C(CCCCCCOCc2ccccc2)(CC2CCCCC2)C(=O)N1. The van der Waals surface area contributed by atoms with Crippen molar-refractivity contribution in [3.8, 4) is 0 Å².